The molecule has 2 saturated carbocycles. The maximum absolute atomic E-state index is 13.4. The number of amides is 2. The van der Waals surface area contributed by atoms with Crippen molar-refractivity contribution in [3.8, 4) is 56.3 Å². The average molecular weight is 1200 g/mol. The molecule has 3 fully saturated rings. The third-order valence-corrected chi connectivity index (χ3v) is 16.0. The number of pyridine rings is 3. The first kappa shape index (κ1) is 64.8. The van der Waals surface area contributed by atoms with Crippen molar-refractivity contribution in [1.82, 2.24) is 35.4 Å². The Bertz CT molecular complexity index is 3180. The van der Waals surface area contributed by atoms with Crippen LogP contribution in [0, 0.1) is 13.8 Å². The van der Waals surface area contributed by atoms with E-state index in [2.05, 4.69) is 25.4 Å². The Morgan fingerprint density at radius 3 is 1.68 bits per heavy atom. The number of aliphatic hydroxyl groups excluding tert-OH is 1. The quantitative estimate of drug-likeness (QED) is 0.0477. The largest absolute Gasteiger partial charge is 0.492 e. The summed E-state index contributed by atoms with van der Waals surface area (Å²) >= 11 is 13.0. The van der Waals surface area contributed by atoms with Gasteiger partial charge in [-0.3, -0.25) is 19.5 Å². The SMILES string of the molecule is Cc1ccccc1-c1ccc(C(=O)NC2(C(=O)O)CCC(O)CC2)nc1-c1ccc(Cl)c(OCCN2CCCC2)c1.Cc1ccncc1-c1ccc(C(=O)NC2(C(=O)O)CCCCC2)nc1-c1ccc(Cl)c(OCCCN(C)C)c1.Cl.Cl. The van der Waals surface area contributed by atoms with Crippen LogP contribution in [0.4, 0.5) is 0 Å². The molecular formula is C62H73Cl4N7O9. The Morgan fingerprint density at radius 1 is 0.646 bits per heavy atom. The number of ether oxygens (including phenoxy) is 2. The average Bonchev–Trinajstić information content (AvgIpc) is 4.02. The van der Waals surface area contributed by atoms with E-state index in [1.165, 1.54) is 12.8 Å². The fourth-order valence-corrected chi connectivity index (χ4v) is 11.0. The molecule has 0 unspecified atom stereocenters. The lowest BCUT2D eigenvalue weighted by Gasteiger charge is -2.35. The molecule has 0 spiro atoms. The van der Waals surface area contributed by atoms with Gasteiger partial charge in [-0.2, -0.15) is 0 Å². The number of aliphatic hydroxyl groups is 1. The van der Waals surface area contributed by atoms with Crippen LogP contribution in [0.5, 0.6) is 11.5 Å². The first-order chi connectivity index (χ1) is 38.5. The number of carbonyl (C=O) groups is 4. The number of hydrogen-bond donors (Lipinski definition) is 5. The maximum Gasteiger partial charge on any atom is 0.329 e. The number of carbonyl (C=O) groups excluding carboxylic acids is 2. The number of carboxylic acids is 2. The van der Waals surface area contributed by atoms with Crippen molar-refractivity contribution >= 4 is 71.8 Å². The molecule has 3 aromatic carbocycles. The summed E-state index contributed by atoms with van der Waals surface area (Å²) in [5.74, 6) is -2.12. The number of likely N-dealkylation sites (tertiary alicyclic amines) is 1. The minimum Gasteiger partial charge on any atom is -0.492 e. The van der Waals surface area contributed by atoms with Gasteiger partial charge in [0, 0.05) is 53.3 Å². The Labute approximate surface area is 502 Å². The van der Waals surface area contributed by atoms with Crippen LogP contribution in [0.3, 0.4) is 0 Å². The Balaban J connectivity index is 0.000000258. The lowest BCUT2D eigenvalue weighted by Crippen LogP contribution is -2.57. The highest BCUT2D eigenvalue weighted by molar-refractivity contribution is 6.32. The second-order valence-electron chi connectivity index (χ2n) is 21.4. The lowest BCUT2D eigenvalue weighted by atomic mass is 9.80. The van der Waals surface area contributed by atoms with Gasteiger partial charge in [0.15, 0.2) is 0 Å². The normalized spacial score (nSPS) is 17.5. The highest BCUT2D eigenvalue weighted by atomic mass is 35.5. The predicted octanol–water partition coefficient (Wildman–Crippen LogP) is 11.8. The van der Waals surface area contributed by atoms with Crippen LogP contribution in [0.2, 0.25) is 10.0 Å². The molecule has 9 rings (SSSR count). The summed E-state index contributed by atoms with van der Waals surface area (Å²) in [7, 11) is 4.02. The maximum atomic E-state index is 13.4. The van der Waals surface area contributed by atoms with Crippen LogP contribution >= 0.6 is 48.0 Å². The van der Waals surface area contributed by atoms with E-state index < -0.39 is 40.9 Å². The molecule has 0 radical (unpaired) electrons. The molecule has 3 aliphatic rings. The van der Waals surface area contributed by atoms with Gasteiger partial charge in [-0.25, -0.2) is 19.6 Å². The second-order valence-corrected chi connectivity index (χ2v) is 22.2. The molecule has 0 bridgehead atoms. The number of carboxylic acid groups (broad SMARTS) is 2. The van der Waals surface area contributed by atoms with Crippen molar-refractivity contribution in [2.45, 2.75) is 108 Å². The molecule has 5 N–H and O–H groups in total. The molecule has 2 amide bonds. The van der Waals surface area contributed by atoms with Gasteiger partial charge in [0.2, 0.25) is 0 Å². The van der Waals surface area contributed by atoms with E-state index in [0.29, 0.717) is 71.8 Å². The smallest absolute Gasteiger partial charge is 0.329 e. The van der Waals surface area contributed by atoms with E-state index in [4.69, 9.17) is 42.6 Å². The number of nitrogens with one attached hydrogen (secondary N) is 2. The van der Waals surface area contributed by atoms with E-state index in [9.17, 15) is 34.5 Å². The zero-order valence-electron chi connectivity index (χ0n) is 46.7. The molecule has 1 aliphatic heterocycles. The van der Waals surface area contributed by atoms with E-state index >= 15 is 0 Å². The number of aromatic nitrogens is 3. The summed E-state index contributed by atoms with van der Waals surface area (Å²) in [6, 6.07) is 27.7. The zero-order chi connectivity index (χ0) is 57.0. The van der Waals surface area contributed by atoms with E-state index in [0.717, 1.165) is 96.4 Å². The predicted molar refractivity (Wildman–Crippen MR) is 325 cm³/mol. The van der Waals surface area contributed by atoms with Gasteiger partial charge in [0.1, 0.15) is 40.6 Å². The van der Waals surface area contributed by atoms with E-state index in [1.54, 1.807) is 36.7 Å². The molecular weight excluding hydrogens is 1130 g/mol. The lowest BCUT2D eigenvalue weighted by molar-refractivity contribution is -0.147. The number of aliphatic carboxylic acids is 2. The zero-order valence-corrected chi connectivity index (χ0v) is 49.9. The standard InChI is InChI=1S/C32H36ClN3O5.C30H35ClN4O4.2ClH/c1-21-6-2-3-7-24(21)25-9-11-27(30(38)35-32(31(39)40)14-12-23(37)13-15-32)34-29(25)22-8-10-26(33)28(20-22)41-19-18-36-16-4-5-17-36;1-20-12-15-32-19-23(20)22-9-11-25(28(36)34-30(29(37)38)13-5-4-6-14-30)33-27(22)21-8-10-24(31)26(18-21)39-17-7-16-35(2)3;;/h2-3,6-11,20,23,37H,4-5,12-19H2,1H3,(H,35,38)(H,39,40);8-12,15,18-19H,4-7,13-14,16-17H2,1-3H3,(H,34,36)(H,37,38);2*1H. The Morgan fingerprint density at radius 2 is 1.16 bits per heavy atom. The number of nitrogens with zero attached hydrogens (tertiary/aromatic N) is 5. The summed E-state index contributed by atoms with van der Waals surface area (Å²) < 4.78 is 12.1. The third-order valence-electron chi connectivity index (χ3n) is 15.3. The Kier molecular flexibility index (Phi) is 23.5. The molecule has 0 atom stereocenters. The minimum atomic E-state index is -1.44. The van der Waals surface area contributed by atoms with Crippen LogP contribution in [0.1, 0.15) is 109 Å². The number of halogens is 4. The van der Waals surface area contributed by atoms with Crippen molar-refractivity contribution in [2.24, 2.45) is 0 Å². The summed E-state index contributed by atoms with van der Waals surface area (Å²) in [5.41, 5.74) is 5.64. The second kappa shape index (κ2) is 29.7. The van der Waals surface area contributed by atoms with Gasteiger partial charge in [0.05, 0.1) is 34.1 Å². The number of rotatable bonds is 19. The van der Waals surface area contributed by atoms with Crippen molar-refractivity contribution in [3.63, 3.8) is 0 Å². The molecule has 20 heteroatoms. The summed E-state index contributed by atoms with van der Waals surface area (Å²) in [4.78, 5) is 69.5. The molecule has 1 saturated heterocycles. The van der Waals surface area contributed by atoms with Crippen LogP contribution in [0.15, 0.2) is 103 Å². The summed E-state index contributed by atoms with van der Waals surface area (Å²) in [5, 5.41) is 36.3. The van der Waals surface area contributed by atoms with E-state index in [1.807, 2.05) is 94.7 Å². The molecule has 4 heterocycles. The van der Waals surface area contributed by atoms with Gasteiger partial charge < -0.3 is 40.3 Å². The van der Waals surface area contributed by atoms with Crippen LogP contribution < -0.4 is 20.1 Å². The molecule has 82 heavy (non-hydrogen) atoms. The molecule has 3 aromatic heterocycles. The highest BCUT2D eigenvalue weighted by Crippen LogP contribution is 2.39. The topological polar surface area (TPSA) is 217 Å². The van der Waals surface area contributed by atoms with Gasteiger partial charge >= 0.3 is 11.9 Å². The number of hydrogen-bond acceptors (Lipinski definition) is 12. The summed E-state index contributed by atoms with van der Waals surface area (Å²) in [6.07, 6.45) is 10.4. The third kappa shape index (κ3) is 16.0. The van der Waals surface area contributed by atoms with E-state index in [-0.39, 0.29) is 49.0 Å². The Hall–Kier alpha value is -6.37. The number of aryl methyl sites for hydroxylation is 2. The van der Waals surface area contributed by atoms with Gasteiger partial charge in [-0.15, -0.1) is 24.8 Å². The monoisotopic (exact) mass is 1200 g/mol. The molecule has 2 aliphatic carbocycles. The van der Waals surface area contributed by atoms with Crippen molar-refractivity contribution < 1.29 is 44.0 Å². The van der Waals surface area contributed by atoms with Crippen LogP contribution in [0.25, 0.3) is 44.8 Å². The minimum absolute atomic E-state index is 0. The van der Waals surface area contributed by atoms with Crippen LogP contribution in [-0.2, 0) is 9.59 Å². The fraction of sp³-hybridized carbons (Fsp3) is 0.403. The van der Waals surface area contributed by atoms with Gasteiger partial charge in [0.25, 0.3) is 11.8 Å². The molecule has 16 nitrogen and oxygen atoms in total. The van der Waals surface area contributed by atoms with Crippen molar-refractivity contribution in [1.29, 1.82) is 0 Å². The first-order valence-corrected chi connectivity index (χ1v) is 28.2. The highest BCUT2D eigenvalue weighted by Gasteiger charge is 2.44. The number of benzene rings is 3. The first-order valence-electron chi connectivity index (χ1n) is 27.5. The van der Waals surface area contributed by atoms with Crippen molar-refractivity contribution in [3.05, 3.63) is 136 Å². The summed E-state index contributed by atoms with van der Waals surface area (Å²) in [6.45, 7) is 8.89. The van der Waals surface area contributed by atoms with Gasteiger partial charge in [-0.05, 0) is 170 Å². The van der Waals surface area contributed by atoms with Crippen LogP contribution in [-0.4, -0.2) is 134 Å². The van der Waals surface area contributed by atoms with Crippen molar-refractivity contribution in [2.75, 3.05) is 53.5 Å². The van der Waals surface area contributed by atoms with Gasteiger partial charge in [-0.1, -0.05) is 78.9 Å². The molecule has 6 aromatic rings. The fourth-order valence-electron chi connectivity index (χ4n) is 10.6. The molecule has 438 valence electrons.